The van der Waals surface area contributed by atoms with Crippen molar-refractivity contribution < 1.29 is 4.74 Å². The van der Waals surface area contributed by atoms with E-state index in [4.69, 9.17) is 10.5 Å². The minimum absolute atomic E-state index is 0.0119. The van der Waals surface area contributed by atoms with E-state index in [0.717, 1.165) is 31.9 Å². The fourth-order valence-electron chi connectivity index (χ4n) is 2.68. The number of hydrogen-bond acceptors (Lipinski definition) is 4. The average Bonchev–Trinajstić information content (AvgIpc) is 3.11. The lowest BCUT2D eigenvalue weighted by Crippen LogP contribution is -2.24. The van der Waals surface area contributed by atoms with Gasteiger partial charge in [0.05, 0.1) is 24.7 Å². The summed E-state index contributed by atoms with van der Waals surface area (Å²) in [5, 5.41) is 0. The summed E-state index contributed by atoms with van der Waals surface area (Å²) in [4.78, 5) is 8.40. The Morgan fingerprint density at radius 3 is 3.10 bits per heavy atom. The van der Waals surface area contributed by atoms with E-state index < -0.39 is 0 Å². The number of pyridine rings is 1. The maximum absolute atomic E-state index is 6.38. The molecule has 0 aliphatic carbocycles. The molecule has 1 aliphatic rings. The summed E-state index contributed by atoms with van der Waals surface area (Å²) < 4.78 is 7.57. The van der Waals surface area contributed by atoms with Gasteiger partial charge in [-0.2, -0.15) is 0 Å². The van der Waals surface area contributed by atoms with Gasteiger partial charge in [-0.05, 0) is 30.5 Å². The van der Waals surface area contributed by atoms with Gasteiger partial charge in [0.2, 0.25) is 0 Å². The van der Waals surface area contributed by atoms with Crippen molar-refractivity contribution in [2.45, 2.75) is 25.9 Å². The zero-order valence-electron chi connectivity index (χ0n) is 11.7. The summed E-state index contributed by atoms with van der Waals surface area (Å²) in [6.07, 6.45) is 8.46. The molecule has 3 heterocycles. The Morgan fingerprint density at radius 2 is 2.35 bits per heavy atom. The molecule has 0 bridgehead atoms. The highest BCUT2D eigenvalue weighted by Crippen LogP contribution is 2.27. The molecular weight excluding hydrogens is 252 g/mol. The van der Waals surface area contributed by atoms with Gasteiger partial charge in [-0.1, -0.05) is 0 Å². The van der Waals surface area contributed by atoms with E-state index in [1.54, 1.807) is 0 Å². The van der Waals surface area contributed by atoms with Crippen LogP contribution in [0.25, 0.3) is 0 Å². The van der Waals surface area contributed by atoms with Gasteiger partial charge < -0.3 is 15.0 Å². The Kier molecular flexibility index (Phi) is 3.80. The maximum atomic E-state index is 6.38. The van der Waals surface area contributed by atoms with Crippen molar-refractivity contribution in [2.75, 3.05) is 13.2 Å². The molecule has 0 amide bonds. The summed E-state index contributed by atoms with van der Waals surface area (Å²) in [5.41, 5.74) is 9.89. The molecule has 20 heavy (non-hydrogen) atoms. The first-order chi connectivity index (χ1) is 9.75. The van der Waals surface area contributed by atoms with E-state index in [2.05, 4.69) is 21.5 Å². The fourth-order valence-corrected chi connectivity index (χ4v) is 2.68. The Balaban J connectivity index is 1.81. The highest BCUT2D eigenvalue weighted by atomic mass is 16.5. The maximum Gasteiger partial charge on any atom is 0.0951 e. The number of aromatic nitrogens is 3. The first-order valence-electron chi connectivity index (χ1n) is 6.98. The van der Waals surface area contributed by atoms with Crippen molar-refractivity contribution >= 4 is 0 Å². The molecule has 0 saturated carbocycles. The van der Waals surface area contributed by atoms with Gasteiger partial charge in [0, 0.05) is 37.7 Å². The Morgan fingerprint density at radius 1 is 1.45 bits per heavy atom. The predicted octanol–water partition coefficient (Wildman–Crippen LogP) is 1.67. The summed E-state index contributed by atoms with van der Waals surface area (Å²) in [6, 6.07) is 2.03. The number of hydrogen-bond donors (Lipinski definition) is 1. The summed E-state index contributed by atoms with van der Waals surface area (Å²) in [5.74, 6) is 0.393. The predicted molar refractivity (Wildman–Crippen MR) is 76.2 cm³/mol. The van der Waals surface area contributed by atoms with Crippen molar-refractivity contribution in [1.29, 1.82) is 0 Å². The second kappa shape index (κ2) is 5.73. The highest BCUT2D eigenvalue weighted by Gasteiger charge is 2.26. The Labute approximate surface area is 118 Å². The van der Waals surface area contributed by atoms with Crippen LogP contribution in [0.1, 0.15) is 29.3 Å². The molecule has 0 radical (unpaired) electrons. The summed E-state index contributed by atoms with van der Waals surface area (Å²) in [7, 11) is 0. The lowest BCUT2D eigenvalue weighted by atomic mass is 9.97. The molecule has 0 spiro atoms. The van der Waals surface area contributed by atoms with Crippen molar-refractivity contribution in [3.63, 3.8) is 0 Å². The normalized spacial score (nSPS) is 20.2. The van der Waals surface area contributed by atoms with Crippen LogP contribution < -0.4 is 5.73 Å². The third-order valence-electron chi connectivity index (χ3n) is 4.04. The molecule has 0 aromatic carbocycles. The molecule has 106 valence electrons. The number of nitrogens with zero attached hydrogens (tertiary/aromatic N) is 3. The average molecular weight is 272 g/mol. The monoisotopic (exact) mass is 272 g/mol. The second-order valence-electron chi connectivity index (χ2n) is 5.40. The van der Waals surface area contributed by atoms with E-state index in [0.29, 0.717) is 5.92 Å². The fraction of sp³-hybridized carbons (Fsp3) is 0.467. The molecule has 1 aliphatic heterocycles. The molecule has 2 N–H and O–H groups in total. The molecule has 2 aromatic rings. The number of nitrogens with two attached hydrogens (primary N) is 1. The van der Waals surface area contributed by atoms with E-state index >= 15 is 0 Å². The molecular formula is C15H20N4O. The van der Waals surface area contributed by atoms with Gasteiger partial charge in [0.25, 0.3) is 0 Å². The topological polar surface area (TPSA) is 66.0 Å². The standard InChI is InChI=1S/C15H20N4O/c1-11-6-17-4-2-12(11)8-19-10-18-7-14(19)15(16)13-3-5-20-9-13/h2,4,6-7,10,13,15H,3,5,8-9,16H2,1H3. The van der Waals surface area contributed by atoms with Gasteiger partial charge in [-0.3, -0.25) is 4.98 Å². The number of aryl methyl sites for hydroxylation is 1. The molecule has 2 unspecified atom stereocenters. The van der Waals surface area contributed by atoms with Crippen molar-refractivity contribution in [3.8, 4) is 0 Å². The lowest BCUT2D eigenvalue weighted by molar-refractivity contribution is 0.180. The summed E-state index contributed by atoms with van der Waals surface area (Å²) >= 11 is 0. The third kappa shape index (κ3) is 2.59. The zero-order chi connectivity index (χ0) is 13.9. The van der Waals surface area contributed by atoms with Gasteiger partial charge >= 0.3 is 0 Å². The summed E-state index contributed by atoms with van der Waals surface area (Å²) in [6.45, 7) is 4.42. The van der Waals surface area contributed by atoms with Crippen LogP contribution >= 0.6 is 0 Å². The molecule has 1 saturated heterocycles. The Bertz CT molecular complexity index is 575. The minimum Gasteiger partial charge on any atom is -0.381 e. The molecule has 5 nitrogen and oxygen atoms in total. The van der Waals surface area contributed by atoms with Crippen molar-refractivity contribution in [3.05, 3.63) is 47.8 Å². The van der Waals surface area contributed by atoms with Crippen LogP contribution in [0, 0.1) is 12.8 Å². The van der Waals surface area contributed by atoms with Gasteiger partial charge in [-0.15, -0.1) is 0 Å². The van der Waals surface area contributed by atoms with Crippen LogP contribution in [0.15, 0.2) is 31.0 Å². The van der Waals surface area contributed by atoms with Crippen LogP contribution in [0.5, 0.6) is 0 Å². The number of imidazole rings is 1. The van der Waals surface area contributed by atoms with Crippen LogP contribution in [-0.2, 0) is 11.3 Å². The number of rotatable bonds is 4. The van der Waals surface area contributed by atoms with Gasteiger partial charge in [-0.25, -0.2) is 4.98 Å². The van der Waals surface area contributed by atoms with Crippen molar-refractivity contribution in [2.24, 2.45) is 11.7 Å². The third-order valence-corrected chi connectivity index (χ3v) is 4.04. The quantitative estimate of drug-likeness (QED) is 0.919. The first kappa shape index (κ1) is 13.3. The molecule has 1 fully saturated rings. The van der Waals surface area contributed by atoms with E-state index in [1.807, 2.05) is 31.0 Å². The van der Waals surface area contributed by atoms with Gasteiger partial charge in [0.15, 0.2) is 0 Å². The molecule has 3 rings (SSSR count). The van der Waals surface area contributed by atoms with E-state index in [9.17, 15) is 0 Å². The largest absolute Gasteiger partial charge is 0.381 e. The van der Waals surface area contributed by atoms with Crippen LogP contribution in [0.4, 0.5) is 0 Å². The zero-order valence-corrected chi connectivity index (χ0v) is 11.7. The van der Waals surface area contributed by atoms with Crippen LogP contribution in [-0.4, -0.2) is 27.7 Å². The SMILES string of the molecule is Cc1cnccc1Cn1cncc1C(N)C1CCOC1. The van der Waals surface area contributed by atoms with Crippen LogP contribution in [0.2, 0.25) is 0 Å². The Hall–Kier alpha value is -1.72. The molecule has 2 aromatic heterocycles. The van der Waals surface area contributed by atoms with Crippen molar-refractivity contribution in [1.82, 2.24) is 14.5 Å². The molecule has 2 atom stereocenters. The van der Waals surface area contributed by atoms with Gasteiger partial charge in [0.1, 0.15) is 0 Å². The lowest BCUT2D eigenvalue weighted by Gasteiger charge is -2.19. The van der Waals surface area contributed by atoms with E-state index in [1.165, 1.54) is 11.1 Å². The van der Waals surface area contributed by atoms with E-state index in [-0.39, 0.29) is 6.04 Å². The smallest absolute Gasteiger partial charge is 0.0951 e. The van der Waals surface area contributed by atoms with Crippen LogP contribution in [0.3, 0.4) is 0 Å². The number of ether oxygens (including phenoxy) is 1. The first-order valence-corrected chi connectivity index (χ1v) is 6.98. The second-order valence-corrected chi connectivity index (χ2v) is 5.40. The highest BCUT2D eigenvalue weighted by molar-refractivity contribution is 5.23. The molecule has 5 heteroatoms. The minimum atomic E-state index is -0.0119.